The molecule has 13 heteroatoms. The average Bonchev–Trinajstić information content (AvgIpc) is 2.37. The van der Waals surface area contributed by atoms with Gasteiger partial charge in [-0.25, -0.2) is 9.59 Å². The van der Waals surface area contributed by atoms with Crippen LogP contribution in [0.15, 0.2) is 23.7 Å². The van der Waals surface area contributed by atoms with Gasteiger partial charge in [0, 0.05) is 19.5 Å². The number of halogens is 6. The van der Waals surface area contributed by atoms with Crippen LogP contribution in [0.1, 0.15) is 13.8 Å². The Labute approximate surface area is 150 Å². The molecule has 0 atom stereocenters. The van der Waals surface area contributed by atoms with E-state index < -0.39 is 35.8 Å². The van der Waals surface area contributed by atoms with Crippen molar-refractivity contribution in [3.05, 3.63) is 23.7 Å². The molecule has 0 aliphatic rings. The van der Waals surface area contributed by atoms with E-state index in [2.05, 4.69) is 9.47 Å². The molecule has 25 heavy (non-hydrogen) atoms. The number of hydrogen-bond donors (Lipinski definition) is 2. The van der Waals surface area contributed by atoms with Gasteiger partial charge in [-0.3, -0.25) is 0 Å². The normalized spacial score (nSPS) is 12.3. The van der Waals surface area contributed by atoms with Gasteiger partial charge in [-0.15, -0.1) is 0 Å². The summed E-state index contributed by atoms with van der Waals surface area (Å²) in [5.41, 5.74) is 0. The summed E-state index contributed by atoms with van der Waals surface area (Å²) in [6.07, 6.45) is -9.81. The first-order chi connectivity index (χ1) is 10.8. The Bertz CT molecular complexity index is 439. The van der Waals surface area contributed by atoms with E-state index in [1.165, 1.54) is 13.8 Å². The smallest absolute Gasteiger partial charge is 0.448 e. The molecule has 0 saturated carbocycles. The molecule has 0 radical (unpaired) electrons. The van der Waals surface area contributed by atoms with Crippen molar-refractivity contribution in [1.29, 1.82) is 0 Å². The van der Waals surface area contributed by atoms with Crippen molar-refractivity contribution in [3.8, 4) is 0 Å². The molecule has 0 aromatic heterocycles. The SMILES string of the molecule is CCOC(=O)/C=C(\O)C(F)(F)F.CCOC(=O)/C=C(\O)C(F)(F)F.[Zn]. The van der Waals surface area contributed by atoms with Crippen LogP contribution in [0.25, 0.3) is 0 Å². The Kier molecular flexibility index (Phi) is 14.1. The Morgan fingerprint density at radius 1 is 0.800 bits per heavy atom. The molecule has 0 aliphatic carbocycles. The standard InChI is InChI=1S/2C6H7F3O3.Zn/c2*1-2-12-5(11)3-4(10)6(7,8)9;/h2*3,10H,2H2,1H3;/b2*4-3-;. The van der Waals surface area contributed by atoms with Crippen LogP contribution in [0.3, 0.4) is 0 Å². The molecule has 142 valence electrons. The molecule has 0 aromatic rings. The van der Waals surface area contributed by atoms with E-state index in [9.17, 15) is 35.9 Å². The summed E-state index contributed by atoms with van der Waals surface area (Å²) in [6.45, 7) is 2.80. The van der Waals surface area contributed by atoms with Gasteiger partial charge < -0.3 is 19.7 Å². The summed E-state index contributed by atoms with van der Waals surface area (Å²) >= 11 is 0. The first kappa shape index (κ1) is 28.0. The van der Waals surface area contributed by atoms with Crippen LogP contribution < -0.4 is 0 Å². The van der Waals surface area contributed by atoms with E-state index in [-0.39, 0.29) is 44.8 Å². The fourth-order valence-electron chi connectivity index (χ4n) is 0.755. The van der Waals surface area contributed by atoms with E-state index in [0.29, 0.717) is 0 Å². The minimum atomic E-state index is -4.90. The molecule has 0 amide bonds. The molecule has 0 fully saturated rings. The van der Waals surface area contributed by atoms with E-state index in [4.69, 9.17) is 10.2 Å². The Balaban J connectivity index is -0.000000372. The average molecular weight is 434 g/mol. The zero-order valence-corrected chi connectivity index (χ0v) is 16.0. The topological polar surface area (TPSA) is 93.1 Å². The summed E-state index contributed by atoms with van der Waals surface area (Å²) in [5, 5.41) is 16.4. The molecule has 6 nitrogen and oxygen atoms in total. The molecule has 2 N–H and O–H groups in total. The van der Waals surface area contributed by atoms with Gasteiger partial charge in [-0.2, -0.15) is 26.3 Å². The number of carbonyl (C=O) groups is 2. The number of carbonyl (C=O) groups excluding carboxylic acids is 2. The molecule has 0 aromatic carbocycles. The molecular weight excluding hydrogens is 420 g/mol. The number of aliphatic hydroxyl groups excluding tert-OH is 2. The maximum atomic E-state index is 11.5. The van der Waals surface area contributed by atoms with Crippen molar-refractivity contribution < 1.29 is 75.1 Å². The predicted molar refractivity (Wildman–Crippen MR) is 66.8 cm³/mol. The van der Waals surface area contributed by atoms with E-state index in [1.807, 2.05) is 0 Å². The van der Waals surface area contributed by atoms with Crippen molar-refractivity contribution in [2.45, 2.75) is 26.2 Å². The second kappa shape index (κ2) is 12.6. The summed E-state index contributed by atoms with van der Waals surface area (Å²) in [5.74, 6) is -6.35. The molecule has 0 bridgehead atoms. The quantitative estimate of drug-likeness (QED) is 0.233. The van der Waals surface area contributed by atoms with Crippen molar-refractivity contribution in [2.24, 2.45) is 0 Å². The number of rotatable bonds is 4. The van der Waals surface area contributed by atoms with Gasteiger partial charge in [-0.05, 0) is 13.8 Å². The molecule has 0 spiro atoms. The van der Waals surface area contributed by atoms with Gasteiger partial charge in [0.15, 0.2) is 0 Å². The summed E-state index contributed by atoms with van der Waals surface area (Å²) < 4.78 is 77.4. The molecule has 0 saturated heterocycles. The third kappa shape index (κ3) is 15.5. The van der Waals surface area contributed by atoms with E-state index in [0.717, 1.165) is 0 Å². The van der Waals surface area contributed by atoms with Crippen molar-refractivity contribution >= 4 is 11.9 Å². The van der Waals surface area contributed by atoms with Gasteiger partial charge in [0.2, 0.25) is 11.5 Å². The Morgan fingerprint density at radius 3 is 1.20 bits per heavy atom. The second-order valence-electron chi connectivity index (χ2n) is 3.56. The first-order valence-corrected chi connectivity index (χ1v) is 6.04. The number of allylic oxidation sites excluding steroid dienone is 2. The van der Waals surface area contributed by atoms with Crippen LogP contribution in [0, 0.1) is 0 Å². The molecule has 0 aliphatic heterocycles. The fourth-order valence-corrected chi connectivity index (χ4v) is 0.755. The van der Waals surface area contributed by atoms with Gasteiger partial charge >= 0.3 is 24.3 Å². The number of ether oxygens (including phenoxy) is 2. The van der Waals surface area contributed by atoms with Crippen LogP contribution in [-0.4, -0.2) is 47.7 Å². The first-order valence-electron chi connectivity index (χ1n) is 6.04. The van der Waals surface area contributed by atoms with Crippen molar-refractivity contribution in [1.82, 2.24) is 0 Å². The summed E-state index contributed by atoms with van der Waals surface area (Å²) in [6, 6.07) is 0. The third-order valence-corrected chi connectivity index (χ3v) is 1.66. The minimum absolute atomic E-state index is 0. The molecule has 0 heterocycles. The molecule has 0 rings (SSSR count). The van der Waals surface area contributed by atoms with Gasteiger partial charge in [0.25, 0.3) is 0 Å². The largest absolute Gasteiger partial charge is 0.504 e. The van der Waals surface area contributed by atoms with Crippen LogP contribution in [0.4, 0.5) is 26.3 Å². The fraction of sp³-hybridized carbons (Fsp3) is 0.500. The maximum absolute atomic E-state index is 11.5. The zero-order chi connectivity index (χ0) is 19.6. The van der Waals surface area contributed by atoms with Gasteiger partial charge in [-0.1, -0.05) is 0 Å². The van der Waals surface area contributed by atoms with Crippen molar-refractivity contribution in [2.75, 3.05) is 13.2 Å². The number of hydrogen-bond acceptors (Lipinski definition) is 6. The number of alkyl halides is 6. The minimum Gasteiger partial charge on any atom is -0.504 e. The van der Waals surface area contributed by atoms with Crippen LogP contribution in [-0.2, 0) is 38.5 Å². The van der Waals surface area contributed by atoms with E-state index >= 15 is 0 Å². The maximum Gasteiger partial charge on any atom is 0.448 e. The predicted octanol–water partition coefficient (Wildman–Crippen LogP) is 3.10. The Hall–Kier alpha value is -1.78. The van der Waals surface area contributed by atoms with Crippen LogP contribution >= 0.6 is 0 Å². The third-order valence-electron chi connectivity index (χ3n) is 1.66. The molecular formula is C12H14F6O6Zn. The Morgan fingerprint density at radius 2 is 1.04 bits per heavy atom. The van der Waals surface area contributed by atoms with Gasteiger partial charge in [0.1, 0.15) is 0 Å². The number of aliphatic hydroxyl groups is 2. The van der Waals surface area contributed by atoms with Crippen molar-refractivity contribution in [3.63, 3.8) is 0 Å². The van der Waals surface area contributed by atoms with Crippen LogP contribution in [0.2, 0.25) is 0 Å². The molecule has 0 unspecified atom stereocenters. The number of esters is 2. The second-order valence-corrected chi connectivity index (χ2v) is 3.56. The summed E-state index contributed by atoms with van der Waals surface area (Å²) in [4.78, 5) is 20.7. The zero-order valence-electron chi connectivity index (χ0n) is 13.1. The van der Waals surface area contributed by atoms with Gasteiger partial charge in [0.05, 0.1) is 25.4 Å². The summed E-state index contributed by atoms with van der Waals surface area (Å²) in [7, 11) is 0. The van der Waals surface area contributed by atoms with Crippen LogP contribution in [0.5, 0.6) is 0 Å². The monoisotopic (exact) mass is 432 g/mol. The van der Waals surface area contributed by atoms with E-state index in [1.54, 1.807) is 0 Å².